The maximum Gasteiger partial charge on any atom is 0.214 e. The smallest absolute Gasteiger partial charge is 0.214 e. The highest BCUT2D eigenvalue weighted by molar-refractivity contribution is 7.90. The number of rotatable bonds is 6. The lowest BCUT2D eigenvalue weighted by Crippen LogP contribution is -2.31. The number of aromatic amines is 1. The summed E-state index contributed by atoms with van der Waals surface area (Å²) in [7, 11) is -3.32. The first-order chi connectivity index (χ1) is 13.4. The van der Waals surface area contributed by atoms with Gasteiger partial charge in [0.15, 0.2) is 0 Å². The van der Waals surface area contributed by atoms with Crippen molar-refractivity contribution >= 4 is 20.9 Å². The summed E-state index contributed by atoms with van der Waals surface area (Å²) in [6.07, 6.45) is 0.796. The number of fused-ring (bicyclic) bond motifs is 2. The van der Waals surface area contributed by atoms with Crippen LogP contribution < -0.4 is 4.72 Å². The van der Waals surface area contributed by atoms with E-state index >= 15 is 0 Å². The van der Waals surface area contributed by atoms with Crippen molar-refractivity contribution in [1.29, 1.82) is 0 Å². The molecule has 0 radical (unpaired) electrons. The van der Waals surface area contributed by atoms with E-state index in [1.54, 1.807) is 13.8 Å². The summed E-state index contributed by atoms with van der Waals surface area (Å²) in [4.78, 5) is 5.87. The van der Waals surface area contributed by atoms with E-state index in [1.807, 2.05) is 16.7 Å². The molecule has 0 saturated heterocycles. The molecular formula is C19H26N6O2S. The third-order valence-electron chi connectivity index (χ3n) is 5.23. The van der Waals surface area contributed by atoms with Crippen LogP contribution in [0.2, 0.25) is 0 Å². The lowest BCUT2D eigenvalue weighted by Gasteiger charge is -2.18. The Morgan fingerprint density at radius 2 is 2.00 bits per heavy atom. The zero-order valence-electron chi connectivity index (χ0n) is 16.2. The molecule has 0 atom stereocenters. The Labute approximate surface area is 165 Å². The molecule has 9 heteroatoms. The number of para-hydroxylation sites is 1. The molecule has 0 saturated carbocycles. The van der Waals surface area contributed by atoms with Crippen molar-refractivity contribution in [3.05, 3.63) is 47.7 Å². The molecule has 0 fully saturated rings. The zero-order chi connectivity index (χ0) is 19.7. The van der Waals surface area contributed by atoms with Gasteiger partial charge in [0, 0.05) is 43.8 Å². The van der Waals surface area contributed by atoms with Gasteiger partial charge in [-0.1, -0.05) is 18.2 Å². The van der Waals surface area contributed by atoms with E-state index in [1.165, 1.54) is 11.1 Å². The number of sulfonamides is 1. The third kappa shape index (κ3) is 3.96. The molecule has 0 amide bonds. The molecule has 150 valence electrons. The fourth-order valence-corrected chi connectivity index (χ4v) is 4.17. The van der Waals surface area contributed by atoms with E-state index in [0.29, 0.717) is 5.82 Å². The summed E-state index contributed by atoms with van der Waals surface area (Å²) in [6, 6.07) is 10.5. The molecule has 1 aliphatic rings. The lowest BCUT2D eigenvalue weighted by molar-refractivity contribution is 0.268. The number of hydrogen-bond acceptors (Lipinski definition) is 5. The molecule has 0 bridgehead atoms. The van der Waals surface area contributed by atoms with Crippen LogP contribution in [0.3, 0.4) is 0 Å². The summed E-state index contributed by atoms with van der Waals surface area (Å²) in [5, 5.41) is 9.24. The maximum absolute atomic E-state index is 12.0. The predicted molar refractivity (Wildman–Crippen MR) is 108 cm³/mol. The first-order valence-electron chi connectivity index (χ1n) is 9.61. The van der Waals surface area contributed by atoms with Gasteiger partial charge >= 0.3 is 0 Å². The first kappa shape index (κ1) is 19.1. The van der Waals surface area contributed by atoms with Crippen molar-refractivity contribution in [1.82, 2.24) is 29.4 Å². The summed E-state index contributed by atoms with van der Waals surface area (Å²) < 4.78 is 28.7. The topological polar surface area (TPSA) is 95.9 Å². The molecule has 2 N–H and O–H groups in total. The number of aromatic nitrogens is 4. The Morgan fingerprint density at radius 3 is 2.79 bits per heavy atom. The van der Waals surface area contributed by atoms with Crippen LogP contribution in [0.25, 0.3) is 10.9 Å². The highest BCUT2D eigenvalue weighted by Gasteiger charge is 2.21. The van der Waals surface area contributed by atoms with E-state index in [9.17, 15) is 8.42 Å². The Morgan fingerprint density at radius 1 is 1.18 bits per heavy atom. The van der Waals surface area contributed by atoms with Crippen molar-refractivity contribution in [2.75, 3.05) is 13.1 Å². The van der Waals surface area contributed by atoms with Gasteiger partial charge in [0.1, 0.15) is 11.6 Å². The van der Waals surface area contributed by atoms with Crippen LogP contribution in [0.15, 0.2) is 30.3 Å². The minimum absolute atomic E-state index is 0.176. The van der Waals surface area contributed by atoms with Crippen molar-refractivity contribution < 1.29 is 8.42 Å². The van der Waals surface area contributed by atoms with E-state index in [2.05, 4.69) is 43.0 Å². The van der Waals surface area contributed by atoms with E-state index in [-0.39, 0.29) is 6.54 Å². The van der Waals surface area contributed by atoms with Gasteiger partial charge in [-0.15, -0.1) is 10.2 Å². The van der Waals surface area contributed by atoms with Crippen LogP contribution in [0.5, 0.6) is 0 Å². The van der Waals surface area contributed by atoms with Crippen LogP contribution in [0.4, 0.5) is 0 Å². The highest BCUT2D eigenvalue weighted by atomic mass is 32.2. The second-order valence-electron chi connectivity index (χ2n) is 7.51. The Bertz CT molecular complexity index is 1040. The lowest BCUT2D eigenvalue weighted by atomic mass is 10.2. The van der Waals surface area contributed by atoms with Gasteiger partial charge in [-0.3, -0.25) is 4.90 Å². The number of nitrogens with one attached hydrogen (secondary N) is 2. The Hall–Kier alpha value is -2.23. The fraction of sp³-hybridized carbons (Fsp3) is 0.474. The molecule has 3 aromatic rings. The van der Waals surface area contributed by atoms with E-state index in [0.717, 1.165) is 43.9 Å². The monoisotopic (exact) mass is 402 g/mol. The van der Waals surface area contributed by atoms with Gasteiger partial charge < -0.3 is 9.55 Å². The Kier molecular flexibility index (Phi) is 5.22. The molecule has 8 nitrogen and oxygen atoms in total. The number of hydrogen-bond donors (Lipinski definition) is 2. The second kappa shape index (κ2) is 7.65. The normalized spacial score (nSPS) is 15.8. The molecule has 2 aromatic heterocycles. The molecule has 3 heterocycles. The van der Waals surface area contributed by atoms with Crippen LogP contribution in [-0.4, -0.2) is 51.4 Å². The molecular weight excluding hydrogens is 376 g/mol. The summed E-state index contributed by atoms with van der Waals surface area (Å²) in [5.41, 5.74) is 2.35. The standard InChI is InChI=1S/C19H26N6O2S/c1-14(2)28(26,27)20-12-19-23-22-18-7-8-24(9-10-25(18)19)13-16-11-15-5-3-4-6-17(15)21-16/h3-6,11,14,20-21H,7-10,12-13H2,1-2H3. The maximum atomic E-state index is 12.0. The number of benzene rings is 1. The zero-order valence-corrected chi connectivity index (χ0v) is 17.0. The van der Waals surface area contributed by atoms with Gasteiger partial charge in [0.25, 0.3) is 0 Å². The largest absolute Gasteiger partial charge is 0.357 e. The van der Waals surface area contributed by atoms with Crippen molar-refractivity contribution in [2.24, 2.45) is 0 Å². The quantitative estimate of drug-likeness (QED) is 0.654. The van der Waals surface area contributed by atoms with Gasteiger partial charge in [-0.2, -0.15) is 0 Å². The molecule has 28 heavy (non-hydrogen) atoms. The van der Waals surface area contributed by atoms with Crippen molar-refractivity contribution in [3.63, 3.8) is 0 Å². The Balaban J connectivity index is 1.42. The molecule has 4 rings (SSSR count). The predicted octanol–water partition coefficient (Wildman–Crippen LogP) is 1.65. The first-order valence-corrected chi connectivity index (χ1v) is 11.2. The molecule has 1 aliphatic heterocycles. The molecule has 0 unspecified atom stereocenters. The summed E-state index contributed by atoms with van der Waals surface area (Å²) in [5.74, 6) is 1.59. The van der Waals surface area contributed by atoms with Gasteiger partial charge in [-0.05, 0) is 31.4 Å². The van der Waals surface area contributed by atoms with Gasteiger partial charge in [0.05, 0.1) is 11.8 Å². The fourth-order valence-electron chi connectivity index (χ4n) is 3.51. The van der Waals surface area contributed by atoms with Crippen LogP contribution in [0, 0.1) is 0 Å². The number of H-pyrrole nitrogens is 1. The molecule has 0 aliphatic carbocycles. The van der Waals surface area contributed by atoms with E-state index < -0.39 is 15.3 Å². The highest BCUT2D eigenvalue weighted by Crippen LogP contribution is 2.17. The average Bonchev–Trinajstić information content (AvgIpc) is 3.19. The summed E-state index contributed by atoms with van der Waals surface area (Å²) in [6.45, 7) is 6.86. The third-order valence-corrected chi connectivity index (χ3v) is 7.02. The number of nitrogens with zero attached hydrogens (tertiary/aromatic N) is 4. The minimum atomic E-state index is -3.32. The summed E-state index contributed by atoms with van der Waals surface area (Å²) >= 11 is 0. The van der Waals surface area contributed by atoms with E-state index in [4.69, 9.17) is 0 Å². The average molecular weight is 403 g/mol. The SMILES string of the molecule is CC(C)S(=O)(=O)NCc1nnc2n1CCN(Cc1cc3ccccc3[nH]1)CC2. The molecule has 1 aromatic carbocycles. The minimum Gasteiger partial charge on any atom is -0.357 e. The van der Waals surface area contributed by atoms with Gasteiger partial charge in [-0.25, -0.2) is 13.1 Å². The van der Waals surface area contributed by atoms with Crippen LogP contribution >= 0.6 is 0 Å². The van der Waals surface area contributed by atoms with Gasteiger partial charge in [0.2, 0.25) is 10.0 Å². The molecule has 0 spiro atoms. The van der Waals surface area contributed by atoms with Crippen LogP contribution in [-0.2, 0) is 36.1 Å². The van der Waals surface area contributed by atoms with Crippen molar-refractivity contribution in [2.45, 2.75) is 45.2 Å². The van der Waals surface area contributed by atoms with Crippen molar-refractivity contribution in [3.8, 4) is 0 Å². The second-order valence-corrected chi connectivity index (χ2v) is 9.83. The van der Waals surface area contributed by atoms with Crippen LogP contribution in [0.1, 0.15) is 31.2 Å².